The van der Waals surface area contributed by atoms with E-state index in [1.54, 1.807) is 0 Å². The Labute approximate surface area is 168 Å². The van der Waals surface area contributed by atoms with Crippen molar-refractivity contribution in [2.45, 2.75) is 71.0 Å². The van der Waals surface area contributed by atoms with Gasteiger partial charge in [0, 0.05) is 38.3 Å². The smallest absolute Gasteiger partial charge is 0.410 e. The maximum Gasteiger partial charge on any atom is 0.410 e. The minimum absolute atomic E-state index is 0.121. The fourth-order valence-electron chi connectivity index (χ4n) is 5.75. The summed E-state index contributed by atoms with van der Waals surface area (Å²) in [5.74, 6) is 0.431. The molecule has 0 aromatic carbocycles. The van der Waals surface area contributed by atoms with Crippen molar-refractivity contribution in [1.82, 2.24) is 14.7 Å². The van der Waals surface area contributed by atoms with Gasteiger partial charge in [0.05, 0.1) is 12.6 Å². The number of hydrogen-bond acceptors (Lipinski definition) is 5. The second-order valence-electron chi connectivity index (χ2n) is 9.50. The van der Waals surface area contributed by atoms with E-state index in [9.17, 15) is 9.59 Å². The van der Waals surface area contributed by atoms with Crippen LogP contribution in [0.2, 0.25) is 0 Å². The summed E-state index contributed by atoms with van der Waals surface area (Å²) in [7, 11) is 0. The zero-order valence-electron chi connectivity index (χ0n) is 17.6. The van der Waals surface area contributed by atoms with Gasteiger partial charge in [0.15, 0.2) is 0 Å². The van der Waals surface area contributed by atoms with Crippen molar-refractivity contribution in [2.24, 2.45) is 11.3 Å². The standard InChI is InChI=1S/C21H35N3O4/c1-4-27-19(25)23-10-7-21(14-23)11-17(12-21)22-8-5-16(6-9-22)24-18(15(2)3)13-28-20(24)26/h15-18H,4-14H2,1-3H3/t17?,18-,21?/m1/s1. The number of rotatable bonds is 4. The molecule has 4 aliphatic rings. The molecular weight excluding hydrogens is 358 g/mol. The summed E-state index contributed by atoms with van der Waals surface area (Å²) >= 11 is 0. The van der Waals surface area contributed by atoms with Crippen LogP contribution in [0.5, 0.6) is 0 Å². The molecule has 0 unspecified atom stereocenters. The molecule has 28 heavy (non-hydrogen) atoms. The van der Waals surface area contributed by atoms with Crippen molar-refractivity contribution in [3.05, 3.63) is 0 Å². The van der Waals surface area contributed by atoms with Gasteiger partial charge < -0.3 is 19.3 Å². The van der Waals surface area contributed by atoms with Crippen molar-refractivity contribution in [2.75, 3.05) is 39.4 Å². The molecule has 4 fully saturated rings. The van der Waals surface area contributed by atoms with Crippen LogP contribution in [0.3, 0.4) is 0 Å². The molecule has 1 spiro atoms. The van der Waals surface area contributed by atoms with Gasteiger partial charge in [0.1, 0.15) is 6.61 Å². The van der Waals surface area contributed by atoms with Crippen LogP contribution >= 0.6 is 0 Å². The summed E-state index contributed by atoms with van der Waals surface area (Å²) in [5, 5.41) is 0. The molecular formula is C21H35N3O4. The molecule has 3 saturated heterocycles. The van der Waals surface area contributed by atoms with E-state index in [1.165, 1.54) is 12.8 Å². The highest BCUT2D eigenvalue weighted by Gasteiger charge is 2.52. The van der Waals surface area contributed by atoms with E-state index in [2.05, 4.69) is 18.7 Å². The first-order valence-electron chi connectivity index (χ1n) is 11.0. The molecule has 1 saturated carbocycles. The second-order valence-corrected chi connectivity index (χ2v) is 9.50. The largest absolute Gasteiger partial charge is 0.450 e. The summed E-state index contributed by atoms with van der Waals surface area (Å²) in [6, 6.07) is 1.18. The van der Waals surface area contributed by atoms with Crippen LogP contribution in [0.4, 0.5) is 9.59 Å². The van der Waals surface area contributed by atoms with Crippen LogP contribution in [0, 0.1) is 11.3 Å². The van der Waals surface area contributed by atoms with E-state index in [1.807, 2.05) is 16.7 Å². The lowest BCUT2D eigenvalue weighted by atomic mass is 9.64. The Balaban J connectivity index is 1.25. The predicted molar refractivity (Wildman–Crippen MR) is 105 cm³/mol. The molecule has 0 aromatic heterocycles. The van der Waals surface area contributed by atoms with E-state index in [0.717, 1.165) is 45.4 Å². The van der Waals surface area contributed by atoms with Crippen molar-refractivity contribution in [1.29, 1.82) is 0 Å². The third-order valence-electron chi connectivity index (χ3n) is 7.43. The van der Waals surface area contributed by atoms with Crippen LogP contribution in [0.15, 0.2) is 0 Å². The average Bonchev–Trinajstić information content (AvgIpc) is 3.25. The molecule has 7 heteroatoms. The molecule has 0 bridgehead atoms. The van der Waals surface area contributed by atoms with Crippen molar-refractivity contribution >= 4 is 12.2 Å². The fraction of sp³-hybridized carbons (Fsp3) is 0.905. The quantitative estimate of drug-likeness (QED) is 0.735. The molecule has 2 amide bonds. The zero-order valence-corrected chi connectivity index (χ0v) is 17.6. The molecule has 0 N–H and O–H groups in total. The Morgan fingerprint density at radius 1 is 1.21 bits per heavy atom. The lowest BCUT2D eigenvalue weighted by molar-refractivity contribution is -0.0148. The lowest BCUT2D eigenvalue weighted by Gasteiger charge is -2.52. The predicted octanol–water partition coefficient (Wildman–Crippen LogP) is 2.94. The van der Waals surface area contributed by atoms with Crippen LogP contribution in [0.25, 0.3) is 0 Å². The zero-order chi connectivity index (χ0) is 19.9. The molecule has 158 valence electrons. The Morgan fingerprint density at radius 3 is 2.57 bits per heavy atom. The summed E-state index contributed by atoms with van der Waals surface area (Å²) < 4.78 is 10.5. The maximum absolute atomic E-state index is 12.2. The number of nitrogens with zero attached hydrogens (tertiary/aromatic N) is 3. The number of likely N-dealkylation sites (tertiary alicyclic amines) is 2. The Hall–Kier alpha value is -1.50. The van der Waals surface area contributed by atoms with Crippen molar-refractivity contribution in [3.8, 4) is 0 Å². The number of piperidine rings is 1. The first-order chi connectivity index (χ1) is 13.4. The molecule has 3 heterocycles. The monoisotopic (exact) mass is 393 g/mol. The van der Waals surface area contributed by atoms with E-state index < -0.39 is 0 Å². The van der Waals surface area contributed by atoms with Gasteiger partial charge in [-0.1, -0.05) is 13.8 Å². The van der Waals surface area contributed by atoms with Crippen LogP contribution < -0.4 is 0 Å². The Morgan fingerprint density at radius 2 is 1.93 bits per heavy atom. The average molecular weight is 394 g/mol. The number of ether oxygens (including phenoxy) is 2. The number of amides is 2. The molecule has 1 atom stereocenters. The highest BCUT2D eigenvalue weighted by molar-refractivity contribution is 5.70. The van der Waals surface area contributed by atoms with E-state index >= 15 is 0 Å². The second kappa shape index (κ2) is 7.73. The van der Waals surface area contributed by atoms with Gasteiger partial charge in [-0.2, -0.15) is 0 Å². The normalized spacial score (nSPS) is 34.2. The first kappa shape index (κ1) is 19.8. The number of carbonyl (C=O) groups excluding carboxylic acids is 2. The summed E-state index contributed by atoms with van der Waals surface area (Å²) in [6.07, 6.45) is 5.29. The third kappa shape index (κ3) is 3.58. The van der Waals surface area contributed by atoms with Crippen molar-refractivity contribution in [3.63, 3.8) is 0 Å². The number of hydrogen-bond donors (Lipinski definition) is 0. The summed E-state index contributed by atoms with van der Waals surface area (Å²) in [6.45, 7) is 11.0. The Kier molecular flexibility index (Phi) is 5.47. The van der Waals surface area contributed by atoms with E-state index in [4.69, 9.17) is 9.47 Å². The molecule has 0 radical (unpaired) electrons. The molecule has 4 rings (SSSR count). The fourth-order valence-corrected chi connectivity index (χ4v) is 5.75. The van der Waals surface area contributed by atoms with Gasteiger partial charge in [0.25, 0.3) is 0 Å². The lowest BCUT2D eigenvalue weighted by Crippen LogP contribution is -2.57. The highest BCUT2D eigenvalue weighted by Crippen LogP contribution is 2.50. The van der Waals surface area contributed by atoms with E-state index in [-0.39, 0.29) is 18.2 Å². The SMILES string of the molecule is CCOC(=O)N1CCC2(CC(N3CCC(N4C(=O)OC[C@@H]4C(C)C)CC3)C2)C1. The van der Waals surface area contributed by atoms with Gasteiger partial charge in [-0.25, -0.2) is 9.59 Å². The number of cyclic esters (lactones) is 1. The van der Waals surface area contributed by atoms with Gasteiger partial charge >= 0.3 is 12.2 Å². The molecule has 3 aliphatic heterocycles. The van der Waals surface area contributed by atoms with Crippen LogP contribution in [-0.2, 0) is 9.47 Å². The molecule has 7 nitrogen and oxygen atoms in total. The minimum Gasteiger partial charge on any atom is -0.450 e. The van der Waals surface area contributed by atoms with Crippen LogP contribution in [-0.4, -0.2) is 84.4 Å². The minimum atomic E-state index is -0.152. The molecule has 0 aromatic rings. The van der Waals surface area contributed by atoms with Gasteiger partial charge in [-0.05, 0) is 50.4 Å². The number of carbonyl (C=O) groups is 2. The molecule has 1 aliphatic carbocycles. The maximum atomic E-state index is 12.2. The summed E-state index contributed by atoms with van der Waals surface area (Å²) in [4.78, 5) is 30.7. The third-order valence-corrected chi connectivity index (χ3v) is 7.43. The Bertz CT molecular complexity index is 596. The van der Waals surface area contributed by atoms with E-state index in [0.29, 0.717) is 36.6 Å². The topological polar surface area (TPSA) is 62.3 Å². The van der Waals surface area contributed by atoms with Crippen molar-refractivity contribution < 1.29 is 19.1 Å². The van der Waals surface area contributed by atoms with Gasteiger partial charge in [0.2, 0.25) is 0 Å². The highest BCUT2D eigenvalue weighted by atomic mass is 16.6. The first-order valence-corrected chi connectivity index (χ1v) is 11.0. The van der Waals surface area contributed by atoms with Gasteiger partial charge in [-0.15, -0.1) is 0 Å². The van der Waals surface area contributed by atoms with Gasteiger partial charge in [-0.3, -0.25) is 4.90 Å². The van der Waals surface area contributed by atoms with Crippen LogP contribution in [0.1, 0.15) is 52.9 Å². The summed E-state index contributed by atoms with van der Waals surface area (Å²) in [5.41, 5.74) is 0.315.